The zero-order chi connectivity index (χ0) is 27.6. The van der Waals surface area contributed by atoms with Gasteiger partial charge in [0, 0.05) is 32.1 Å². The lowest BCUT2D eigenvalue weighted by molar-refractivity contribution is -0.141. The van der Waals surface area contributed by atoms with Crippen molar-refractivity contribution >= 4 is 27.5 Å². The quantitative estimate of drug-likeness (QED) is 0.359. The molecule has 0 fully saturated rings. The van der Waals surface area contributed by atoms with Gasteiger partial charge in [0.05, 0.1) is 11.9 Å². The van der Waals surface area contributed by atoms with Gasteiger partial charge in [-0.05, 0) is 43.9 Å². The second kappa shape index (κ2) is 14.1. The molecule has 37 heavy (non-hydrogen) atoms. The second-order valence-electron chi connectivity index (χ2n) is 9.11. The summed E-state index contributed by atoms with van der Waals surface area (Å²) in [7, 11) is -3.81. The number of amides is 2. The van der Waals surface area contributed by atoms with Crippen LogP contribution in [0.25, 0.3) is 0 Å². The highest BCUT2D eigenvalue weighted by atomic mass is 32.2. The van der Waals surface area contributed by atoms with Crippen molar-refractivity contribution in [3.8, 4) is 0 Å². The van der Waals surface area contributed by atoms with Crippen LogP contribution < -0.4 is 9.62 Å². The standard InChI is InChI=1S/C27H37F2N3O4S/c1-5-7-16-30-27(34)25(6-2)31(19-21-12-10-20(3)11-13-21)26(33)9-8-17-32(37(4,35)36)22-14-15-23(28)24(29)18-22/h10-15,18,25H,5-9,16-17,19H2,1-4H3,(H,30,34)/t25-/m1/s1. The van der Waals surface area contributed by atoms with E-state index >= 15 is 0 Å². The third-order valence-corrected chi connectivity index (χ3v) is 7.23. The predicted molar refractivity (Wildman–Crippen MR) is 142 cm³/mol. The molecule has 1 atom stereocenters. The summed E-state index contributed by atoms with van der Waals surface area (Å²) >= 11 is 0. The van der Waals surface area contributed by atoms with Crippen molar-refractivity contribution in [2.75, 3.05) is 23.7 Å². The van der Waals surface area contributed by atoms with Crippen LogP contribution in [0.5, 0.6) is 0 Å². The molecule has 0 saturated heterocycles. The molecule has 2 aromatic carbocycles. The van der Waals surface area contributed by atoms with E-state index in [-0.39, 0.29) is 43.4 Å². The number of benzene rings is 2. The lowest BCUT2D eigenvalue weighted by Crippen LogP contribution is -2.49. The molecule has 10 heteroatoms. The molecule has 0 saturated carbocycles. The monoisotopic (exact) mass is 537 g/mol. The van der Waals surface area contributed by atoms with Crippen LogP contribution in [0.2, 0.25) is 0 Å². The summed E-state index contributed by atoms with van der Waals surface area (Å²) in [6, 6.07) is 9.87. The second-order valence-corrected chi connectivity index (χ2v) is 11.0. The molecular formula is C27H37F2N3O4S. The highest BCUT2D eigenvalue weighted by Gasteiger charge is 2.28. The number of hydrogen-bond donors (Lipinski definition) is 1. The first-order chi connectivity index (χ1) is 17.5. The minimum absolute atomic E-state index is 0.0212. The number of sulfonamides is 1. The Kier molecular flexibility index (Phi) is 11.5. The molecule has 0 aliphatic rings. The lowest BCUT2D eigenvalue weighted by atomic mass is 10.1. The lowest BCUT2D eigenvalue weighted by Gasteiger charge is -2.31. The van der Waals surface area contributed by atoms with E-state index in [1.54, 1.807) is 0 Å². The maximum Gasteiger partial charge on any atom is 0.242 e. The number of carbonyl (C=O) groups excluding carboxylic acids is 2. The van der Waals surface area contributed by atoms with E-state index in [0.717, 1.165) is 46.7 Å². The van der Waals surface area contributed by atoms with Gasteiger partial charge in [0.15, 0.2) is 11.6 Å². The van der Waals surface area contributed by atoms with Crippen LogP contribution in [-0.2, 0) is 26.2 Å². The number of rotatable bonds is 14. The number of aryl methyl sites for hydroxylation is 1. The first kappa shape index (κ1) is 30.2. The Bertz CT molecular complexity index is 1160. The van der Waals surface area contributed by atoms with Crippen molar-refractivity contribution < 1.29 is 26.8 Å². The molecule has 204 valence electrons. The number of hydrogen-bond acceptors (Lipinski definition) is 4. The van der Waals surface area contributed by atoms with Gasteiger partial charge in [0.2, 0.25) is 21.8 Å². The molecule has 0 aliphatic heterocycles. The average molecular weight is 538 g/mol. The van der Waals surface area contributed by atoms with Gasteiger partial charge >= 0.3 is 0 Å². The smallest absolute Gasteiger partial charge is 0.242 e. The Balaban J connectivity index is 2.20. The van der Waals surface area contributed by atoms with Crippen LogP contribution in [-0.4, -0.2) is 50.5 Å². The molecule has 0 aliphatic carbocycles. The molecule has 2 rings (SSSR count). The topological polar surface area (TPSA) is 86.8 Å². The van der Waals surface area contributed by atoms with Gasteiger partial charge in [-0.15, -0.1) is 0 Å². The van der Waals surface area contributed by atoms with Crippen LogP contribution in [0, 0.1) is 18.6 Å². The first-order valence-electron chi connectivity index (χ1n) is 12.5. The van der Waals surface area contributed by atoms with Gasteiger partial charge in [0.25, 0.3) is 0 Å². The summed E-state index contributed by atoms with van der Waals surface area (Å²) in [6.45, 7) is 6.48. The number of nitrogens with zero attached hydrogens (tertiary/aromatic N) is 2. The first-order valence-corrected chi connectivity index (χ1v) is 14.4. The third-order valence-electron chi connectivity index (χ3n) is 6.03. The molecule has 0 radical (unpaired) electrons. The fourth-order valence-corrected chi connectivity index (χ4v) is 4.92. The molecule has 2 aromatic rings. The molecule has 0 unspecified atom stereocenters. The van der Waals surface area contributed by atoms with Crippen LogP contribution in [0.15, 0.2) is 42.5 Å². The number of anilines is 1. The van der Waals surface area contributed by atoms with Crippen LogP contribution in [0.4, 0.5) is 14.5 Å². The maximum absolute atomic E-state index is 13.7. The molecule has 1 N–H and O–H groups in total. The van der Waals surface area contributed by atoms with E-state index in [0.29, 0.717) is 13.0 Å². The Labute approximate surface area is 218 Å². The predicted octanol–water partition coefficient (Wildman–Crippen LogP) is 4.54. The van der Waals surface area contributed by atoms with Crippen molar-refractivity contribution in [3.05, 3.63) is 65.2 Å². The van der Waals surface area contributed by atoms with Crippen LogP contribution in [0.1, 0.15) is 57.1 Å². The summed E-state index contributed by atoms with van der Waals surface area (Å²) < 4.78 is 52.7. The summed E-state index contributed by atoms with van der Waals surface area (Å²) in [5, 5.41) is 2.90. The van der Waals surface area contributed by atoms with E-state index in [1.165, 1.54) is 11.0 Å². The van der Waals surface area contributed by atoms with Crippen LogP contribution in [0.3, 0.4) is 0 Å². The third kappa shape index (κ3) is 9.10. The highest BCUT2D eigenvalue weighted by molar-refractivity contribution is 7.92. The van der Waals surface area contributed by atoms with Gasteiger partial charge in [-0.25, -0.2) is 17.2 Å². The minimum Gasteiger partial charge on any atom is -0.354 e. The zero-order valence-electron chi connectivity index (χ0n) is 22.0. The molecular weight excluding hydrogens is 500 g/mol. The van der Waals surface area contributed by atoms with E-state index in [1.807, 2.05) is 45.0 Å². The summed E-state index contributed by atoms with van der Waals surface area (Å²) in [5.74, 6) is -2.76. The van der Waals surface area contributed by atoms with Crippen molar-refractivity contribution in [3.63, 3.8) is 0 Å². The fraction of sp³-hybridized carbons (Fsp3) is 0.481. The Morgan fingerprint density at radius 3 is 2.24 bits per heavy atom. The van der Waals surface area contributed by atoms with Crippen molar-refractivity contribution in [2.45, 2.75) is 65.5 Å². The van der Waals surface area contributed by atoms with E-state index in [2.05, 4.69) is 5.32 Å². The minimum atomic E-state index is -3.81. The molecule has 0 spiro atoms. The van der Waals surface area contributed by atoms with Crippen molar-refractivity contribution in [2.24, 2.45) is 0 Å². The Hall–Kier alpha value is -3.01. The van der Waals surface area contributed by atoms with E-state index in [9.17, 15) is 26.8 Å². The number of nitrogens with one attached hydrogen (secondary N) is 1. The zero-order valence-corrected chi connectivity index (χ0v) is 22.8. The Morgan fingerprint density at radius 2 is 1.68 bits per heavy atom. The molecule has 0 bridgehead atoms. The largest absolute Gasteiger partial charge is 0.354 e. The van der Waals surface area contributed by atoms with Crippen molar-refractivity contribution in [1.82, 2.24) is 10.2 Å². The molecule has 0 aromatic heterocycles. The molecule has 7 nitrogen and oxygen atoms in total. The average Bonchev–Trinajstić information content (AvgIpc) is 2.84. The normalized spacial score (nSPS) is 12.2. The van der Waals surface area contributed by atoms with Gasteiger partial charge < -0.3 is 10.2 Å². The van der Waals surface area contributed by atoms with Crippen LogP contribution >= 0.6 is 0 Å². The number of carbonyl (C=O) groups is 2. The van der Waals surface area contributed by atoms with Crippen molar-refractivity contribution in [1.29, 1.82) is 0 Å². The maximum atomic E-state index is 13.7. The van der Waals surface area contributed by atoms with Gasteiger partial charge in [-0.2, -0.15) is 0 Å². The SMILES string of the molecule is CCCCNC(=O)[C@@H](CC)N(Cc1ccc(C)cc1)C(=O)CCCN(c1ccc(F)c(F)c1)S(C)(=O)=O. The van der Waals surface area contributed by atoms with E-state index in [4.69, 9.17) is 0 Å². The summed E-state index contributed by atoms with van der Waals surface area (Å²) in [6.07, 6.45) is 3.24. The van der Waals surface area contributed by atoms with E-state index < -0.39 is 27.7 Å². The van der Waals surface area contributed by atoms with Gasteiger partial charge in [-0.1, -0.05) is 50.1 Å². The highest BCUT2D eigenvalue weighted by Crippen LogP contribution is 2.22. The summed E-state index contributed by atoms with van der Waals surface area (Å²) in [4.78, 5) is 27.9. The van der Waals surface area contributed by atoms with Gasteiger partial charge in [0.1, 0.15) is 6.04 Å². The summed E-state index contributed by atoms with van der Waals surface area (Å²) in [5.41, 5.74) is 1.93. The number of unbranched alkanes of at least 4 members (excludes halogenated alkanes) is 1. The molecule has 2 amide bonds. The Morgan fingerprint density at radius 1 is 1.00 bits per heavy atom. The number of halogens is 2. The van der Waals surface area contributed by atoms with Gasteiger partial charge in [-0.3, -0.25) is 13.9 Å². The molecule has 0 heterocycles. The fourth-order valence-electron chi connectivity index (χ4n) is 3.96.